The third kappa shape index (κ3) is 8.83. The molecular formula is C41H57N9O3. The molecule has 12 heteroatoms. The van der Waals surface area contributed by atoms with E-state index >= 15 is 0 Å². The zero-order valence-corrected chi connectivity index (χ0v) is 31.8. The van der Waals surface area contributed by atoms with Crippen molar-refractivity contribution in [3.8, 4) is 0 Å². The highest BCUT2D eigenvalue weighted by molar-refractivity contribution is 5.69. The largest absolute Gasteiger partial charge is 0.466 e. The number of carbonyl (C=O) groups is 1. The van der Waals surface area contributed by atoms with Crippen molar-refractivity contribution in [1.82, 2.24) is 29.8 Å². The van der Waals surface area contributed by atoms with Gasteiger partial charge in [-0.05, 0) is 115 Å². The summed E-state index contributed by atoms with van der Waals surface area (Å²) in [6.07, 6.45) is 11.6. The topological polar surface area (TPSA) is 113 Å². The molecular weight excluding hydrogens is 667 g/mol. The molecule has 0 amide bonds. The quantitative estimate of drug-likeness (QED) is 0.169. The second kappa shape index (κ2) is 16.5. The maximum absolute atomic E-state index is 11.9. The number of likely N-dealkylation sites (tertiary alicyclic amines) is 1. The van der Waals surface area contributed by atoms with E-state index in [9.17, 15) is 9.90 Å². The van der Waals surface area contributed by atoms with Crippen LogP contribution in [0.3, 0.4) is 0 Å². The van der Waals surface area contributed by atoms with Crippen LogP contribution < -0.4 is 15.2 Å². The van der Waals surface area contributed by atoms with Gasteiger partial charge in [0.1, 0.15) is 11.4 Å². The number of fused-ring (bicyclic) bond motifs is 1. The zero-order chi connectivity index (χ0) is 37.0. The first-order chi connectivity index (χ1) is 25.7. The third-order valence-electron chi connectivity index (χ3n) is 11.5. The lowest BCUT2D eigenvalue weighted by Gasteiger charge is -2.45. The predicted molar refractivity (Wildman–Crippen MR) is 209 cm³/mol. The number of hydrogen-bond donors (Lipinski definition) is 2. The summed E-state index contributed by atoms with van der Waals surface area (Å²) in [6.45, 7) is 17.7. The summed E-state index contributed by atoms with van der Waals surface area (Å²) in [7, 11) is 0. The summed E-state index contributed by atoms with van der Waals surface area (Å²) in [5, 5.41) is 18.1. The number of hydrazine groups is 1. The molecule has 3 fully saturated rings. The molecule has 3 aliphatic heterocycles. The van der Waals surface area contributed by atoms with Crippen LogP contribution in [-0.4, -0.2) is 105 Å². The smallest absolute Gasteiger partial charge is 0.306 e. The molecule has 1 saturated carbocycles. The maximum Gasteiger partial charge on any atom is 0.306 e. The number of nitrogens with one attached hydrogen (secondary N) is 1. The minimum absolute atomic E-state index is 0.0259. The van der Waals surface area contributed by atoms with Gasteiger partial charge in [-0.1, -0.05) is 12.1 Å². The van der Waals surface area contributed by atoms with E-state index in [0.29, 0.717) is 61.6 Å². The van der Waals surface area contributed by atoms with Gasteiger partial charge in [-0.15, -0.1) is 6.58 Å². The molecule has 0 bridgehead atoms. The molecule has 5 heterocycles. The molecule has 1 aliphatic carbocycles. The number of nitrogens with zero attached hydrogens (tertiary/aromatic N) is 8. The van der Waals surface area contributed by atoms with Crippen LogP contribution in [0.5, 0.6) is 0 Å². The van der Waals surface area contributed by atoms with Gasteiger partial charge in [0.05, 0.1) is 12.3 Å². The monoisotopic (exact) mass is 723 g/mol. The molecule has 4 aliphatic rings. The number of hydrogen-bond acceptors (Lipinski definition) is 12. The number of aromatic nitrogens is 3. The SMILES string of the molecule is C=CCN1Cc2cnc(Nc3ccc(N4CCN(C5CCN(C6CCC(CC(=O)OCC)CC6)CC5)CC4)cc3)nc2N1c1cccc(C(C)(C)O)n1. The number of benzene rings is 1. The van der Waals surface area contributed by atoms with Crippen molar-refractivity contribution in [2.75, 3.05) is 67.6 Å². The first-order valence-corrected chi connectivity index (χ1v) is 19.7. The van der Waals surface area contributed by atoms with E-state index in [-0.39, 0.29) is 5.97 Å². The highest BCUT2D eigenvalue weighted by atomic mass is 16.5. The van der Waals surface area contributed by atoms with Crippen LogP contribution in [0.25, 0.3) is 0 Å². The predicted octanol–water partition coefficient (Wildman–Crippen LogP) is 6.00. The van der Waals surface area contributed by atoms with Crippen molar-refractivity contribution >= 4 is 34.9 Å². The molecule has 2 aromatic heterocycles. The average Bonchev–Trinajstić information content (AvgIpc) is 3.53. The Hall–Kier alpha value is -4.10. The Bertz CT molecular complexity index is 1690. The first-order valence-electron chi connectivity index (χ1n) is 19.7. The molecule has 0 spiro atoms. The number of esters is 1. The van der Waals surface area contributed by atoms with E-state index in [1.807, 2.05) is 42.4 Å². The van der Waals surface area contributed by atoms with E-state index in [2.05, 4.69) is 60.9 Å². The number of pyridine rings is 1. The first kappa shape index (κ1) is 37.2. The molecule has 7 rings (SSSR count). The lowest BCUT2D eigenvalue weighted by atomic mass is 9.83. The number of aliphatic hydroxyl groups is 1. The molecule has 2 N–H and O–H groups in total. The Morgan fingerprint density at radius 3 is 2.32 bits per heavy atom. The van der Waals surface area contributed by atoms with Crippen molar-refractivity contribution in [2.24, 2.45) is 5.92 Å². The van der Waals surface area contributed by atoms with E-state index < -0.39 is 5.60 Å². The third-order valence-corrected chi connectivity index (χ3v) is 11.5. The van der Waals surface area contributed by atoms with Gasteiger partial charge in [0.25, 0.3) is 0 Å². The lowest BCUT2D eigenvalue weighted by molar-refractivity contribution is -0.144. The Morgan fingerprint density at radius 2 is 1.64 bits per heavy atom. The molecule has 284 valence electrons. The highest BCUT2D eigenvalue weighted by Gasteiger charge is 2.34. The van der Waals surface area contributed by atoms with Gasteiger partial charge in [-0.2, -0.15) is 4.98 Å². The van der Waals surface area contributed by atoms with Crippen molar-refractivity contribution in [3.05, 3.63) is 72.6 Å². The summed E-state index contributed by atoms with van der Waals surface area (Å²) in [6, 6.07) is 15.6. The standard InChI is InChI=1S/C41H57N9O3/c1-5-20-49-29-31-28-42-40(45-39(31)50(49)37-9-7-8-36(44-37)41(3,4)52)43-32-12-16-34(17-13-32)47-23-25-48(26-24-47)35-18-21-46(22-19-35)33-14-10-30(11-15-33)27-38(51)53-6-2/h5,7-9,12-13,16-17,28,30,33,35,52H,1,6,10-11,14-15,18-27,29H2,2-4H3,(H,42,43,45). The fourth-order valence-electron chi connectivity index (χ4n) is 8.60. The molecule has 3 aromatic rings. The molecule has 0 unspecified atom stereocenters. The maximum atomic E-state index is 11.9. The van der Waals surface area contributed by atoms with Gasteiger partial charge in [0.2, 0.25) is 5.95 Å². The van der Waals surface area contributed by atoms with E-state index in [0.717, 1.165) is 56.1 Å². The Kier molecular flexibility index (Phi) is 11.6. The number of anilines is 5. The Morgan fingerprint density at radius 1 is 0.943 bits per heavy atom. The van der Waals surface area contributed by atoms with Crippen molar-refractivity contribution in [1.29, 1.82) is 0 Å². The van der Waals surface area contributed by atoms with Crippen LogP contribution in [0.15, 0.2) is 61.3 Å². The van der Waals surface area contributed by atoms with Crippen molar-refractivity contribution in [3.63, 3.8) is 0 Å². The number of rotatable bonds is 12. The zero-order valence-electron chi connectivity index (χ0n) is 31.8. The lowest BCUT2D eigenvalue weighted by Crippen LogP contribution is -2.54. The average molecular weight is 724 g/mol. The number of piperazine rings is 1. The van der Waals surface area contributed by atoms with Crippen LogP contribution >= 0.6 is 0 Å². The number of ether oxygens (including phenoxy) is 1. The molecule has 12 nitrogen and oxygen atoms in total. The van der Waals surface area contributed by atoms with Gasteiger partial charge in [-0.3, -0.25) is 9.69 Å². The molecule has 0 atom stereocenters. The second-order valence-corrected chi connectivity index (χ2v) is 15.6. The van der Waals surface area contributed by atoms with Gasteiger partial charge < -0.3 is 25.0 Å². The van der Waals surface area contributed by atoms with Crippen molar-refractivity contribution in [2.45, 2.75) is 89.9 Å². The molecule has 2 saturated heterocycles. The minimum Gasteiger partial charge on any atom is -0.466 e. The number of carbonyl (C=O) groups excluding carboxylic acids is 1. The normalized spacial score (nSPS) is 22.1. The van der Waals surface area contributed by atoms with E-state index in [1.54, 1.807) is 13.8 Å². The highest BCUT2D eigenvalue weighted by Crippen LogP contribution is 2.37. The molecule has 0 radical (unpaired) electrons. The van der Waals surface area contributed by atoms with Crippen molar-refractivity contribution < 1.29 is 14.6 Å². The van der Waals surface area contributed by atoms with Gasteiger partial charge in [0.15, 0.2) is 5.82 Å². The fraction of sp³-hybridized carbons (Fsp3) is 0.561. The summed E-state index contributed by atoms with van der Waals surface area (Å²) < 4.78 is 5.18. The van der Waals surface area contributed by atoms with Crippen LogP contribution in [0.1, 0.15) is 77.0 Å². The summed E-state index contributed by atoms with van der Waals surface area (Å²) in [5.74, 6) is 2.44. The number of piperidine rings is 1. The van der Waals surface area contributed by atoms with Crippen LogP contribution in [0.2, 0.25) is 0 Å². The van der Waals surface area contributed by atoms with E-state index in [4.69, 9.17) is 14.7 Å². The van der Waals surface area contributed by atoms with Gasteiger partial charge in [0, 0.05) is 80.9 Å². The minimum atomic E-state index is -1.06. The van der Waals surface area contributed by atoms with E-state index in [1.165, 1.54) is 44.5 Å². The molecule has 53 heavy (non-hydrogen) atoms. The second-order valence-electron chi connectivity index (χ2n) is 15.6. The van der Waals surface area contributed by atoms with Gasteiger partial charge in [-0.25, -0.2) is 20.0 Å². The van der Waals surface area contributed by atoms with Crippen LogP contribution in [0.4, 0.5) is 29.0 Å². The molecule has 1 aromatic carbocycles. The fourth-order valence-corrected chi connectivity index (χ4v) is 8.60. The summed E-state index contributed by atoms with van der Waals surface area (Å²) in [4.78, 5) is 34.2. The van der Waals surface area contributed by atoms with Crippen LogP contribution in [0, 0.1) is 5.92 Å². The Balaban J connectivity index is 0.898. The summed E-state index contributed by atoms with van der Waals surface area (Å²) in [5.41, 5.74) is 2.70. The van der Waals surface area contributed by atoms with Gasteiger partial charge >= 0.3 is 5.97 Å². The Labute approximate surface area is 314 Å². The van der Waals surface area contributed by atoms with Crippen LogP contribution in [-0.2, 0) is 21.7 Å². The summed E-state index contributed by atoms with van der Waals surface area (Å²) >= 11 is 0.